The first-order valence-corrected chi connectivity index (χ1v) is 10.6. The highest BCUT2D eigenvalue weighted by Gasteiger charge is 2.51. The molecule has 3 aliphatic rings. The van der Waals surface area contributed by atoms with E-state index in [1.165, 1.54) is 6.42 Å². The topological polar surface area (TPSA) is 68.2 Å². The molecule has 1 unspecified atom stereocenters. The van der Waals surface area contributed by atoms with Crippen LogP contribution in [0.15, 0.2) is 12.1 Å². The molecule has 6 heteroatoms. The molecule has 1 saturated heterocycles. The average molecular weight is 389 g/mol. The van der Waals surface area contributed by atoms with Crippen LogP contribution in [0.5, 0.6) is 17.2 Å². The third-order valence-electron chi connectivity index (χ3n) is 6.06. The van der Waals surface area contributed by atoms with Gasteiger partial charge < -0.3 is 19.3 Å². The molecule has 2 heterocycles. The van der Waals surface area contributed by atoms with E-state index < -0.39 is 5.60 Å². The van der Waals surface area contributed by atoms with E-state index in [0.717, 1.165) is 38.8 Å². The Hall–Kier alpha value is -1.79. The number of ether oxygens (including phenoxy) is 3. The molecule has 1 aliphatic carbocycles. The fraction of sp³-hybridized carbons (Fsp3) is 0.682. The number of benzene rings is 1. The van der Waals surface area contributed by atoms with Crippen LogP contribution < -0.4 is 9.47 Å². The number of phenols is 1. The molecule has 0 radical (unpaired) electrons. The highest BCUT2D eigenvalue weighted by Crippen LogP contribution is 2.50. The molecule has 2 aliphatic heterocycles. The van der Waals surface area contributed by atoms with Crippen molar-refractivity contribution in [3.05, 3.63) is 17.7 Å². The van der Waals surface area contributed by atoms with Crippen LogP contribution in [0.2, 0.25) is 0 Å². The highest BCUT2D eigenvalue weighted by molar-refractivity contribution is 5.99. The third kappa shape index (κ3) is 3.60. The molecule has 1 N–H and O–H groups in total. The lowest BCUT2D eigenvalue weighted by Crippen LogP contribution is -2.63. The van der Waals surface area contributed by atoms with Gasteiger partial charge in [-0.25, -0.2) is 0 Å². The van der Waals surface area contributed by atoms with Crippen molar-refractivity contribution >= 4 is 5.78 Å². The predicted molar refractivity (Wildman–Crippen MR) is 105 cm³/mol. The summed E-state index contributed by atoms with van der Waals surface area (Å²) < 4.78 is 18.5. The van der Waals surface area contributed by atoms with E-state index in [0.29, 0.717) is 36.7 Å². The van der Waals surface area contributed by atoms with E-state index in [9.17, 15) is 9.90 Å². The summed E-state index contributed by atoms with van der Waals surface area (Å²) in [6, 6.07) is 3.43. The second-order valence-electron chi connectivity index (χ2n) is 8.66. The van der Waals surface area contributed by atoms with E-state index in [1.807, 2.05) is 13.8 Å². The molecule has 4 rings (SSSR count). The van der Waals surface area contributed by atoms with Crippen LogP contribution in [0.3, 0.4) is 0 Å². The van der Waals surface area contributed by atoms with Crippen molar-refractivity contribution in [3.63, 3.8) is 0 Å². The highest BCUT2D eigenvalue weighted by atomic mass is 16.6. The molecule has 6 nitrogen and oxygen atoms in total. The second-order valence-corrected chi connectivity index (χ2v) is 8.66. The number of hydrogen-bond donors (Lipinski definition) is 1. The summed E-state index contributed by atoms with van der Waals surface area (Å²) in [5.74, 6) is 0.947. The quantitative estimate of drug-likeness (QED) is 0.791. The minimum absolute atomic E-state index is 0.0631. The molecule has 2 fully saturated rings. The molecule has 1 aromatic rings. The first-order valence-electron chi connectivity index (χ1n) is 10.6. The summed E-state index contributed by atoms with van der Waals surface area (Å²) in [5.41, 5.74) is -0.161. The molecule has 0 bridgehead atoms. The molecule has 0 aromatic heterocycles. The monoisotopic (exact) mass is 389 g/mol. The Labute approximate surface area is 166 Å². The average Bonchev–Trinajstić information content (AvgIpc) is 2.69. The molecule has 1 spiro atoms. The number of fused-ring (bicyclic) bond motifs is 1. The Morgan fingerprint density at radius 1 is 1.21 bits per heavy atom. The van der Waals surface area contributed by atoms with E-state index >= 15 is 0 Å². The lowest BCUT2D eigenvalue weighted by atomic mass is 9.81. The van der Waals surface area contributed by atoms with Crippen molar-refractivity contribution in [1.82, 2.24) is 4.90 Å². The maximum Gasteiger partial charge on any atom is 0.204 e. The summed E-state index contributed by atoms with van der Waals surface area (Å²) in [4.78, 5) is 14.9. The number of ketones is 1. The van der Waals surface area contributed by atoms with E-state index in [1.54, 1.807) is 12.1 Å². The van der Waals surface area contributed by atoms with Crippen LogP contribution in [-0.2, 0) is 4.74 Å². The molecular weight excluding hydrogens is 358 g/mol. The zero-order chi connectivity index (χ0) is 19.7. The SMILES string of the molecule is CC(C)CC(=O)c1ccc2c(c1O)OC1(CCCCC1)C(N1CCOCC1)O2. The van der Waals surface area contributed by atoms with Gasteiger partial charge in [0.1, 0.15) is 0 Å². The van der Waals surface area contributed by atoms with Gasteiger partial charge in [-0.2, -0.15) is 0 Å². The number of hydrogen-bond acceptors (Lipinski definition) is 6. The Bertz CT molecular complexity index is 720. The summed E-state index contributed by atoms with van der Waals surface area (Å²) >= 11 is 0. The summed E-state index contributed by atoms with van der Waals surface area (Å²) in [7, 11) is 0. The third-order valence-corrected chi connectivity index (χ3v) is 6.06. The zero-order valence-electron chi connectivity index (χ0n) is 16.9. The predicted octanol–water partition coefficient (Wildman–Crippen LogP) is 3.75. The minimum atomic E-state index is -0.486. The van der Waals surface area contributed by atoms with Crippen LogP contribution in [0.4, 0.5) is 0 Å². The fourth-order valence-corrected chi connectivity index (χ4v) is 4.65. The molecule has 0 amide bonds. The first-order chi connectivity index (χ1) is 13.5. The van der Waals surface area contributed by atoms with Crippen LogP contribution >= 0.6 is 0 Å². The second kappa shape index (κ2) is 7.91. The first kappa shape index (κ1) is 19.5. The molecule has 154 valence electrons. The number of rotatable bonds is 4. The van der Waals surface area contributed by atoms with Crippen LogP contribution in [0.1, 0.15) is 62.7 Å². The van der Waals surface area contributed by atoms with Crippen LogP contribution in [0.25, 0.3) is 0 Å². The number of carbonyl (C=O) groups is 1. The lowest BCUT2D eigenvalue weighted by Gasteiger charge is -2.50. The van der Waals surface area contributed by atoms with Crippen molar-refractivity contribution < 1.29 is 24.1 Å². The van der Waals surface area contributed by atoms with Gasteiger partial charge in [-0.05, 0) is 43.7 Å². The van der Waals surface area contributed by atoms with Crippen LogP contribution in [-0.4, -0.2) is 53.9 Å². The number of nitrogens with zero attached hydrogens (tertiary/aromatic N) is 1. The standard InChI is InChI=1S/C22H31NO5/c1-15(2)14-17(24)16-6-7-18-20(19(16)25)28-22(8-4-3-5-9-22)21(27-18)23-10-12-26-13-11-23/h6-7,15,21,25H,3-5,8-14H2,1-2H3. The maximum atomic E-state index is 12.6. The zero-order valence-corrected chi connectivity index (χ0v) is 16.9. The van der Waals surface area contributed by atoms with Crippen molar-refractivity contribution in [1.29, 1.82) is 0 Å². The van der Waals surface area contributed by atoms with Gasteiger partial charge in [-0.3, -0.25) is 9.69 Å². The minimum Gasteiger partial charge on any atom is -0.504 e. The van der Waals surface area contributed by atoms with Gasteiger partial charge in [-0.1, -0.05) is 20.3 Å². The van der Waals surface area contributed by atoms with Gasteiger partial charge in [0.25, 0.3) is 0 Å². The van der Waals surface area contributed by atoms with Crippen molar-refractivity contribution in [2.45, 2.75) is 64.2 Å². The van der Waals surface area contributed by atoms with Gasteiger partial charge in [0.2, 0.25) is 5.75 Å². The fourth-order valence-electron chi connectivity index (χ4n) is 4.65. The molecule has 1 aromatic carbocycles. The summed E-state index contributed by atoms with van der Waals surface area (Å²) in [6.45, 7) is 6.99. The molecular formula is C22H31NO5. The van der Waals surface area contributed by atoms with Crippen molar-refractivity contribution in [3.8, 4) is 17.2 Å². The van der Waals surface area contributed by atoms with Gasteiger partial charge in [-0.15, -0.1) is 0 Å². The van der Waals surface area contributed by atoms with E-state index in [-0.39, 0.29) is 23.7 Å². The number of phenolic OH excluding ortho intramolecular Hbond substituents is 1. The van der Waals surface area contributed by atoms with Crippen molar-refractivity contribution in [2.75, 3.05) is 26.3 Å². The molecule has 1 saturated carbocycles. The number of aromatic hydroxyl groups is 1. The smallest absolute Gasteiger partial charge is 0.204 e. The largest absolute Gasteiger partial charge is 0.504 e. The van der Waals surface area contributed by atoms with Gasteiger partial charge >= 0.3 is 0 Å². The van der Waals surface area contributed by atoms with Crippen molar-refractivity contribution in [2.24, 2.45) is 5.92 Å². The van der Waals surface area contributed by atoms with E-state index in [2.05, 4.69) is 4.90 Å². The summed E-state index contributed by atoms with van der Waals surface area (Å²) in [5, 5.41) is 10.9. The van der Waals surface area contributed by atoms with E-state index in [4.69, 9.17) is 14.2 Å². The van der Waals surface area contributed by atoms with Crippen LogP contribution in [0, 0.1) is 5.92 Å². The molecule has 28 heavy (non-hydrogen) atoms. The number of carbonyl (C=O) groups excluding carboxylic acids is 1. The Balaban J connectivity index is 1.68. The van der Waals surface area contributed by atoms with Gasteiger partial charge in [0.05, 0.1) is 18.8 Å². The summed E-state index contributed by atoms with van der Waals surface area (Å²) in [6.07, 6.45) is 5.32. The number of Topliss-reactive ketones (excluding diaryl/α,β-unsaturated/α-hetero) is 1. The van der Waals surface area contributed by atoms with Gasteiger partial charge in [0.15, 0.2) is 29.1 Å². The molecule has 1 atom stereocenters. The maximum absolute atomic E-state index is 12.6. The van der Waals surface area contributed by atoms with Gasteiger partial charge in [0, 0.05) is 19.5 Å². The Morgan fingerprint density at radius 3 is 2.61 bits per heavy atom. The Morgan fingerprint density at radius 2 is 1.93 bits per heavy atom. The Kier molecular flexibility index (Phi) is 5.52. The lowest BCUT2D eigenvalue weighted by molar-refractivity contribution is -0.171. The number of morpholine rings is 1. The normalized spacial score (nSPS) is 24.5.